The number of benzene rings is 2. The van der Waals surface area contributed by atoms with Gasteiger partial charge in [0.1, 0.15) is 12.4 Å². The first kappa shape index (κ1) is 26.5. The highest BCUT2D eigenvalue weighted by Crippen LogP contribution is 2.16. The van der Waals surface area contributed by atoms with Crippen LogP contribution in [0.5, 0.6) is 5.75 Å². The second-order valence-corrected chi connectivity index (χ2v) is 8.64. The van der Waals surface area contributed by atoms with E-state index in [1.54, 1.807) is 31.4 Å². The van der Waals surface area contributed by atoms with Crippen molar-refractivity contribution in [3.63, 3.8) is 0 Å². The van der Waals surface area contributed by atoms with Gasteiger partial charge in [-0.1, -0.05) is 43.2 Å². The molecule has 0 aliphatic carbocycles. The molecule has 0 spiro atoms. The number of halogens is 1. The summed E-state index contributed by atoms with van der Waals surface area (Å²) >= 11 is 0. The van der Waals surface area contributed by atoms with Crippen molar-refractivity contribution in [2.45, 2.75) is 32.3 Å². The van der Waals surface area contributed by atoms with Gasteiger partial charge < -0.3 is 9.47 Å². The molecule has 0 saturated carbocycles. The molecule has 0 unspecified atom stereocenters. The van der Waals surface area contributed by atoms with E-state index >= 15 is 0 Å². The molecule has 31 heavy (non-hydrogen) atoms. The standard InChI is InChI=1S/C21H29N3O5S.ClH/c1-28-20-13-11-19(12-14-20)23-30(26,27)16-8-3-2-7-15-24(22)21(25)29-17-18-9-5-4-6-10-18;/h4-6,9-14,23H,2-3,7-8,15-17,22H2,1H3;1H. The fourth-order valence-electron chi connectivity index (χ4n) is 2.71. The quantitative estimate of drug-likeness (QED) is 0.210. The normalized spacial score (nSPS) is 10.6. The van der Waals surface area contributed by atoms with Gasteiger partial charge in [-0.05, 0) is 42.7 Å². The maximum atomic E-state index is 12.1. The predicted octanol–water partition coefficient (Wildman–Crippen LogP) is 3.93. The summed E-state index contributed by atoms with van der Waals surface area (Å²) in [5.74, 6) is 6.41. The number of amides is 1. The Morgan fingerprint density at radius 2 is 1.65 bits per heavy atom. The summed E-state index contributed by atoms with van der Waals surface area (Å²) in [4.78, 5) is 11.9. The van der Waals surface area contributed by atoms with Gasteiger partial charge in [0.15, 0.2) is 0 Å². The monoisotopic (exact) mass is 471 g/mol. The second-order valence-electron chi connectivity index (χ2n) is 6.80. The minimum Gasteiger partial charge on any atom is -0.497 e. The van der Waals surface area contributed by atoms with Crippen LogP contribution in [0.3, 0.4) is 0 Å². The molecule has 2 aromatic rings. The Labute approximate surface area is 190 Å². The Morgan fingerprint density at radius 3 is 2.29 bits per heavy atom. The number of carbonyl (C=O) groups is 1. The van der Waals surface area contributed by atoms with Gasteiger partial charge in [-0.2, -0.15) is 0 Å². The Morgan fingerprint density at radius 1 is 1.00 bits per heavy atom. The summed E-state index contributed by atoms with van der Waals surface area (Å²) in [6.45, 7) is 0.525. The average Bonchev–Trinajstić information content (AvgIpc) is 2.75. The Hall–Kier alpha value is -2.49. The smallest absolute Gasteiger partial charge is 0.424 e. The van der Waals surface area contributed by atoms with E-state index in [0.717, 1.165) is 23.4 Å². The first-order valence-electron chi connectivity index (χ1n) is 9.77. The van der Waals surface area contributed by atoms with Gasteiger partial charge >= 0.3 is 6.09 Å². The highest BCUT2D eigenvalue weighted by molar-refractivity contribution is 7.92. The minimum absolute atomic E-state index is 0. The summed E-state index contributed by atoms with van der Waals surface area (Å²) in [5.41, 5.74) is 1.40. The Bertz CT molecular complexity index is 880. The molecule has 0 atom stereocenters. The third kappa shape index (κ3) is 10.4. The van der Waals surface area contributed by atoms with Gasteiger partial charge in [0.2, 0.25) is 10.0 Å². The highest BCUT2D eigenvalue weighted by Gasteiger charge is 2.12. The highest BCUT2D eigenvalue weighted by atomic mass is 35.5. The average molecular weight is 472 g/mol. The van der Waals surface area contributed by atoms with Gasteiger partial charge in [-0.25, -0.2) is 24.1 Å². The summed E-state index contributed by atoms with van der Waals surface area (Å²) in [7, 11) is -1.85. The lowest BCUT2D eigenvalue weighted by Gasteiger charge is -2.16. The molecule has 2 aromatic carbocycles. The van der Waals surface area contributed by atoms with Crippen LogP contribution >= 0.6 is 12.4 Å². The molecule has 3 N–H and O–H groups in total. The number of hydrogen-bond donors (Lipinski definition) is 2. The number of rotatable bonds is 12. The van der Waals surface area contributed by atoms with E-state index in [1.165, 1.54) is 0 Å². The van der Waals surface area contributed by atoms with Crippen LogP contribution in [0.25, 0.3) is 0 Å². The van der Waals surface area contributed by atoms with Crippen LogP contribution in [0.2, 0.25) is 0 Å². The number of nitrogens with zero attached hydrogens (tertiary/aromatic N) is 1. The third-order valence-corrected chi connectivity index (χ3v) is 5.74. The molecule has 0 fully saturated rings. The lowest BCUT2D eigenvalue weighted by molar-refractivity contribution is 0.0956. The lowest BCUT2D eigenvalue weighted by atomic mass is 10.2. The van der Waals surface area contributed by atoms with E-state index in [-0.39, 0.29) is 24.8 Å². The number of hydrogen-bond acceptors (Lipinski definition) is 6. The van der Waals surface area contributed by atoms with Crippen molar-refractivity contribution in [1.29, 1.82) is 0 Å². The van der Waals surface area contributed by atoms with Crippen LogP contribution in [0.15, 0.2) is 54.6 Å². The van der Waals surface area contributed by atoms with Crippen molar-refractivity contribution >= 4 is 34.2 Å². The fraction of sp³-hybridized carbons (Fsp3) is 0.381. The lowest BCUT2D eigenvalue weighted by Crippen LogP contribution is -2.38. The maximum absolute atomic E-state index is 12.1. The third-order valence-electron chi connectivity index (χ3n) is 4.37. The number of ether oxygens (including phenoxy) is 2. The van der Waals surface area contributed by atoms with Crippen LogP contribution < -0.4 is 15.3 Å². The zero-order valence-electron chi connectivity index (χ0n) is 17.5. The molecule has 2 rings (SSSR count). The summed E-state index contributed by atoms with van der Waals surface area (Å²) in [6, 6.07) is 16.1. The molecule has 0 radical (unpaired) electrons. The Balaban J connectivity index is 0.00000480. The van der Waals surface area contributed by atoms with Crippen LogP contribution in [0, 0.1) is 0 Å². The molecule has 0 aromatic heterocycles. The molecule has 0 aliphatic heterocycles. The summed E-state index contributed by atoms with van der Waals surface area (Å²) < 4.78 is 37.0. The van der Waals surface area contributed by atoms with Crippen LogP contribution in [-0.2, 0) is 21.4 Å². The maximum Gasteiger partial charge on any atom is 0.424 e. The first-order valence-corrected chi connectivity index (χ1v) is 11.4. The van der Waals surface area contributed by atoms with Crippen LogP contribution in [0.1, 0.15) is 31.2 Å². The fourth-order valence-corrected chi connectivity index (χ4v) is 3.89. The SMILES string of the molecule is COc1ccc(NS(=O)(=O)CCCCCCN(N)C(=O)OCc2ccccc2)cc1.Cl. The number of unbranched alkanes of at least 4 members (excludes halogenated alkanes) is 3. The molecule has 1 amide bonds. The zero-order valence-corrected chi connectivity index (χ0v) is 19.2. The van der Waals surface area contributed by atoms with Gasteiger partial charge in [-0.3, -0.25) is 4.72 Å². The number of anilines is 1. The largest absolute Gasteiger partial charge is 0.497 e. The van der Waals surface area contributed by atoms with Gasteiger partial charge in [0, 0.05) is 12.2 Å². The number of hydrazine groups is 1. The first-order chi connectivity index (χ1) is 14.4. The Kier molecular flexibility index (Phi) is 11.8. The number of nitrogens with two attached hydrogens (primary N) is 1. The topological polar surface area (TPSA) is 111 Å². The zero-order chi connectivity index (χ0) is 21.8. The van der Waals surface area contributed by atoms with Crippen molar-refractivity contribution in [3.05, 3.63) is 60.2 Å². The van der Waals surface area contributed by atoms with E-state index in [0.29, 0.717) is 30.8 Å². The molecular weight excluding hydrogens is 442 g/mol. The van der Waals surface area contributed by atoms with Crippen LogP contribution in [-0.4, -0.2) is 38.9 Å². The minimum atomic E-state index is -3.40. The summed E-state index contributed by atoms with van der Waals surface area (Å²) in [6.07, 6.45) is 2.09. The van der Waals surface area contributed by atoms with Crippen molar-refractivity contribution in [2.24, 2.45) is 5.84 Å². The van der Waals surface area contributed by atoms with Crippen molar-refractivity contribution in [1.82, 2.24) is 5.01 Å². The summed E-state index contributed by atoms with van der Waals surface area (Å²) in [5, 5.41) is 1.05. The molecule has 0 saturated heterocycles. The van der Waals surface area contributed by atoms with Crippen molar-refractivity contribution in [3.8, 4) is 5.75 Å². The molecule has 172 valence electrons. The second kappa shape index (κ2) is 13.7. The number of nitrogens with one attached hydrogen (secondary N) is 1. The van der Waals surface area contributed by atoms with Crippen molar-refractivity contribution in [2.75, 3.05) is 24.1 Å². The van der Waals surface area contributed by atoms with Crippen molar-refractivity contribution < 1.29 is 22.7 Å². The van der Waals surface area contributed by atoms with Crippen LogP contribution in [0.4, 0.5) is 10.5 Å². The van der Waals surface area contributed by atoms with Gasteiger partial charge in [-0.15, -0.1) is 12.4 Å². The molecular formula is C21H30ClN3O5S. The molecule has 0 aliphatic rings. The number of carbonyl (C=O) groups excluding carboxylic acids is 1. The van der Waals surface area contributed by atoms with Gasteiger partial charge in [0.25, 0.3) is 0 Å². The molecule has 0 heterocycles. The predicted molar refractivity (Wildman–Crippen MR) is 124 cm³/mol. The van der Waals surface area contributed by atoms with E-state index in [2.05, 4.69) is 4.72 Å². The van der Waals surface area contributed by atoms with E-state index < -0.39 is 16.1 Å². The van der Waals surface area contributed by atoms with E-state index in [1.807, 2.05) is 30.3 Å². The van der Waals surface area contributed by atoms with Gasteiger partial charge in [0.05, 0.1) is 12.9 Å². The number of methoxy groups -OCH3 is 1. The molecule has 10 heteroatoms. The number of sulfonamides is 1. The molecule has 8 nitrogen and oxygen atoms in total. The van der Waals surface area contributed by atoms with E-state index in [9.17, 15) is 13.2 Å². The molecule has 0 bridgehead atoms. The van der Waals surface area contributed by atoms with E-state index in [4.69, 9.17) is 15.3 Å².